The highest BCUT2D eigenvalue weighted by Crippen LogP contribution is 2.27. The summed E-state index contributed by atoms with van der Waals surface area (Å²) in [6.07, 6.45) is 8.88. The van der Waals surface area contributed by atoms with Gasteiger partial charge in [-0.3, -0.25) is 19.7 Å². The second kappa shape index (κ2) is 9.07. The van der Waals surface area contributed by atoms with Crippen molar-refractivity contribution in [1.29, 1.82) is 0 Å². The molecule has 3 rings (SSSR count). The number of carbonyl (C=O) groups excluding carboxylic acids is 2. The summed E-state index contributed by atoms with van der Waals surface area (Å²) in [4.78, 5) is 31.6. The number of anilines is 1. The standard InChI is InChI=1S/C23H29N5O2/c1-14-6-9-21(15(2)7-8-20-17(4)11-25-27-20)28(13-14)23(30)22(29)26-19-10-16(3)18(5)24-12-19/h7-8,10-12,14,21H,2,6,9,13H2,1,3-5H3,(H,25,27)(H,26,29)/b8-7-/t14-,21+/m1/s1. The third-order valence-corrected chi connectivity index (χ3v) is 5.63. The van der Waals surface area contributed by atoms with Crippen LogP contribution < -0.4 is 5.32 Å². The Balaban J connectivity index is 1.74. The summed E-state index contributed by atoms with van der Waals surface area (Å²) in [5, 5.41) is 9.63. The molecular formula is C23H29N5O2. The zero-order valence-corrected chi connectivity index (χ0v) is 18.0. The maximum Gasteiger partial charge on any atom is 0.313 e. The first-order chi connectivity index (χ1) is 14.3. The first-order valence-corrected chi connectivity index (χ1v) is 10.2. The Bertz CT molecular complexity index is 991. The lowest BCUT2D eigenvalue weighted by Gasteiger charge is -2.38. The number of nitrogens with zero attached hydrogens (tertiary/aromatic N) is 3. The summed E-state index contributed by atoms with van der Waals surface area (Å²) in [6, 6.07) is 1.61. The van der Waals surface area contributed by atoms with Crippen LogP contribution in [-0.4, -0.2) is 44.5 Å². The van der Waals surface area contributed by atoms with Crippen molar-refractivity contribution in [1.82, 2.24) is 20.1 Å². The van der Waals surface area contributed by atoms with E-state index in [1.54, 1.807) is 17.3 Å². The maximum absolute atomic E-state index is 13.0. The molecule has 0 saturated carbocycles. The summed E-state index contributed by atoms with van der Waals surface area (Å²) < 4.78 is 0. The van der Waals surface area contributed by atoms with Crippen LogP contribution in [0.3, 0.4) is 0 Å². The number of nitrogens with one attached hydrogen (secondary N) is 2. The third kappa shape index (κ3) is 4.84. The molecule has 7 nitrogen and oxygen atoms in total. The second-order valence-corrected chi connectivity index (χ2v) is 8.11. The Kier molecular flexibility index (Phi) is 6.50. The molecule has 1 aliphatic rings. The van der Waals surface area contributed by atoms with E-state index < -0.39 is 11.8 Å². The Labute approximate surface area is 177 Å². The normalized spacial score (nSPS) is 19.1. The van der Waals surface area contributed by atoms with E-state index in [1.807, 2.05) is 39.0 Å². The molecule has 0 unspecified atom stereocenters. The number of rotatable bonds is 4. The van der Waals surface area contributed by atoms with Crippen molar-refractivity contribution in [2.45, 2.75) is 46.6 Å². The molecule has 30 heavy (non-hydrogen) atoms. The fraction of sp³-hybridized carbons (Fsp3) is 0.391. The molecule has 1 fully saturated rings. The van der Waals surface area contributed by atoms with Gasteiger partial charge in [0.1, 0.15) is 0 Å². The molecule has 0 bridgehead atoms. The molecule has 158 valence electrons. The number of pyridine rings is 1. The quantitative estimate of drug-likeness (QED) is 0.599. The highest BCUT2D eigenvalue weighted by molar-refractivity contribution is 6.39. The van der Waals surface area contributed by atoms with E-state index in [0.717, 1.165) is 40.9 Å². The molecule has 0 radical (unpaired) electrons. The minimum atomic E-state index is -0.652. The smallest absolute Gasteiger partial charge is 0.313 e. The lowest BCUT2D eigenvalue weighted by Crippen LogP contribution is -2.50. The highest BCUT2D eigenvalue weighted by atomic mass is 16.2. The van der Waals surface area contributed by atoms with Crippen LogP contribution in [0.2, 0.25) is 0 Å². The van der Waals surface area contributed by atoms with Crippen LogP contribution in [0.1, 0.15) is 42.3 Å². The van der Waals surface area contributed by atoms with E-state index in [4.69, 9.17) is 0 Å². The molecule has 1 saturated heterocycles. The van der Waals surface area contributed by atoms with Crippen molar-refractivity contribution >= 4 is 23.6 Å². The summed E-state index contributed by atoms with van der Waals surface area (Å²) in [5.41, 5.74) is 5.09. The van der Waals surface area contributed by atoms with E-state index >= 15 is 0 Å². The fourth-order valence-corrected chi connectivity index (χ4v) is 3.62. The molecule has 2 N–H and O–H groups in total. The maximum atomic E-state index is 13.0. The summed E-state index contributed by atoms with van der Waals surface area (Å²) in [7, 11) is 0. The van der Waals surface area contributed by atoms with Gasteiger partial charge in [-0.15, -0.1) is 0 Å². The molecule has 0 spiro atoms. The van der Waals surface area contributed by atoms with Crippen molar-refractivity contribution in [3.63, 3.8) is 0 Å². The number of piperidine rings is 1. The number of likely N-dealkylation sites (tertiary alicyclic amines) is 1. The van der Waals surface area contributed by atoms with Gasteiger partial charge < -0.3 is 10.2 Å². The van der Waals surface area contributed by atoms with Gasteiger partial charge in [0, 0.05) is 12.2 Å². The third-order valence-electron chi connectivity index (χ3n) is 5.63. The summed E-state index contributed by atoms with van der Waals surface area (Å²) >= 11 is 0. The Morgan fingerprint density at radius 2 is 2.00 bits per heavy atom. The Morgan fingerprint density at radius 3 is 2.67 bits per heavy atom. The fourth-order valence-electron chi connectivity index (χ4n) is 3.62. The van der Waals surface area contributed by atoms with Gasteiger partial charge in [-0.2, -0.15) is 5.10 Å². The molecule has 2 atom stereocenters. The Hall–Kier alpha value is -3.22. The van der Waals surface area contributed by atoms with Crippen molar-refractivity contribution in [3.05, 3.63) is 59.2 Å². The van der Waals surface area contributed by atoms with Gasteiger partial charge in [0.25, 0.3) is 0 Å². The van der Waals surface area contributed by atoms with Crippen molar-refractivity contribution in [3.8, 4) is 0 Å². The topological polar surface area (TPSA) is 91.0 Å². The molecule has 3 heterocycles. The number of hydrogen-bond donors (Lipinski definition) is 2. The molecule has 0 aliphatic carbocycles. The van der Waals surface area contributed by atoms with Crippen LogP contribution in [0.15, 0.2) is 36.7 Å². The van der Waals surface area contributed by atoms with Crippen LogP contribution >= 0.6 is 0 Å². The van der Waals surface area contributed by atoms with Gasteiger partial charge in [-0.05, 0) is 68.4 Å². The molecule has 2 aromatic rings. The molecule has 1 aliphatic heterocycles. The molecule has 2 amide bonds. The van der Waals surface area contributed by atoms with Crippen LogP contribution in [0.4, 0.5) is 5.69 Å². The monoisotopic (exact) mass is 407 g/mol. The largest absolute Gasteiger partial charge is 0.327 e. The number of amides is 2. The number of aromatic amines is 1. The minimum absolute atomic E-state index is 0.211. The number of carbonyl (C=O) groups is 2. The Morgan fingerprint density at radius 1 is 1.23 bits per heavy atom. The number of aryl methyl sites for hydroxylation is 3. The number of aromatic nitrogens is 3. The van der Waals surface area contributed by atoms with Crippen molar-refractivity contribution in [2.24, 2.45) is 5.92 Å². The van der Waals surface area contributed by atoms with Gasteiger partial charge in [0.2, 0.25) is 0 Å². The highest BCUT2D eigenvalue weighted by Gasteiger charge is 2.34. The van der Waals surface area contributed by atoms with E-state index in [-0.39, 0.29) is 6.04 Å². The predicted molar refractivity (Wildman–Crippen MR) is 118 cm³/mol. The van der Waals surface area contributed by atoms with E-state index in [2.05, 4.69) is 34.0 Å². The minimum Gasteiger partial charge on any atom is -0.327 e. The first kappa shape index (κ1) is 21.5. The lowest BCUT2D eigenvalue weighted by atomic mass is 9.90. The first-order valence-electron chi connectivity index (χ1n) is 10.2. The van der Waals surface area contributed by atoms with Crippen LogP contribution in [0.25, 0.3) is 6.08 Å². The summed E-state index contributed by atoms with van der Waals surface area (Å²) in [6.45, 7) is 12.6. The molecule has 7 heteroatoms. The van der Waals surface area contributed by atoms with E-state index in [0.29, 0.717) is 18.2 Å². The van der Waals surface area contributed by atoms with E-state index in [9.17, 15) is 9.59 Å². The lowest BCUT2D eigenvalue weighted by molar-refractivity contribution is -0.145. The number of hydrogen-bond acceptors (Lipinski definition) is 4. The van der Waals surface area contributed by atoms with Gasteiger partial charge in [-0.25, -0.2) is 0 Å². The average Bonchev–Trinajstić information content (AvgIpc) is 3.13. The van der Waals surface area contributed by atoms with Crippen LogP contribution in [0.5, 0.6) is 0 Å². The van der Waals surface area contributed by atoms with Crippen LogP contribution in [-0.2, 0) is 9.59 Å². The van der Waals surface area contributed by atoms with Gasteiger partial charge in [-0.1, -0.05) is 19.6 Å². The van der Waals surface area contributed by atoms with Crippen molar-refractivity contribution in [2.75, 3.05) is 11.9 Å². The SMILES string of the molecule is C=C(/C=C\c1[nH]ncc1C)[C@@H]1CC[C@@H](C)CN1C(=O)C(=O)Nc1cnc(C)c(C)c1. The zero-order valence-electron chi connectivity index (χ0n) is 18.0. The number of H-pyrrole nitrogens is 1. The van der Waals surface area contributed by atoms with Gasteiger partial charge in [0.15, 0.2) is 0 Å². The molecule has 2 aromatic heterocycles. The van der Waals surface area contributed by atoms with Gasteiger partial charge in [0.05, 0.1) is 29.8 Å². The average molecular weight is 408 g/mol. The second-order valence-electron chi connectivity index (χ2n) is 8.11. The van der Waals surface area contributed by atoms with Gasteiger partial charge >= 0.3 is 11.8 Å². The van der Waals surface area contributed by atoms with Crippen molar-refractivity contribution < 1.29 is 9.59 Å². The summed E-state index contributed by atoms with van der Waals surface area (Å²) in [5.74, 6) is -0.870. The molecule has 0 aromatic carbocycles. The van der Waals surface area contributed by atoms with E-state index in [1.165, 1.54) is 0 Å². The molecular weight excluding hydrogens is 378 g/mol. The zero-order chi connectivity index (χ0) is 21.8. The van der Waals surface area contributed by atoms with Crippen LogP contribution in [0, 0.1) is 26.7 Å². The predicted octanol–water partition coefficient (Wildman–Crippen LogP) is 3.57.